The molecule has 2 aliphatic rings. The van der Waals surface area contributed by atoms with Crippen LogP contribution < -0.4 is 5.32 Å². The van der Waals surface area contributed by atoms with Gasteiger partial charge in [0.1, 0.15) is 0 Å². The fourth-order valence-corrected chi connectivity index (χ4v) is 2.71. The molecule has 0 amide bonds. The molecule has 0 spiro atoms. The van der Waals surface area contributed by atoms with E-state index in [1.807, 2.05) is 0 Å². The predicted octanol–water partition coefficient (Wildman–Crippen LogP) is 1.61. The molecule has 0 unspecified atom stereocenters. The number of hydrogen-bond acceptors (Lipinski definition) is 3. The van der Waals surface area contributed by atoms with Crippen LogP contribution in [-0.4, -0.2) is 29.5 Å². The van der Waals surface area contributed by atoms with E-state index < -0.39 is 0 Å². The van der Waals surface area contributed by atoms with Gasteiger partial charge in [-0.2, -0.15) is 5.10 Å². The van der Waals surface area contributed by atoms with Crippen LogP contribution in [0.15, 0.2) is 0 Å². The molecule has 1 fully saturated rings. The van der Waals surface area contributed by atoms with Crippen molar-refractivity contribution < 1.29 is 4.74 Å². The van der Waals surface area contributed by atoms with E-state index in [9.17, 15) is 0 Å². The van der Waals surface area contributed by atoms with Crippen molar-refractivity contribution >= 4 is 0 Å². The van der Waals surface area contributed by atoms with E-state index in [1.54, 1.807) is 0 Å². The summed E-state index contributed by atoms with van der Waals surface area (Å²) in [6.45, 7) is 8.23. The van der Waals surface area contributed by atoms with Gasteiger partial charge in [-0.3, -0.25) is 4.68 Å². The highest BCUT2D eigenvalue weighted by Crippen LogP contribution is 2.29. The van der Waals surface area contributed by atoms with Gasteiger partial charge >= 0.3 is 0 Å². The minimum absolute atomic E-state index is 0.481. The maximum Gasteiger partial charge on any atom is 0.0988 e. The van der Waals surface area contributed by atoms with Gasteiger partial charge in [-0.15, -0.1) is 0 Å². The van der Waals surface area contributed by atoms with Gasteiger partial charge in [0.25, 0.3) is 0 Å². The largest absolute Gasteiger partial charge is 0.377 e. The SMILES string of the molecule is CC(C)c1nn(C2COC2)c2c1CNCCC2. The summed E-state index contributed by atoms with van der Waals surface area (Å²) in [5.41, 5.74) is 4.18. The molecule has 3 heterocycles. The highest BCUT2D eigenvalue weighted by atomic mass is 16.5. The topological polar surface area (TPSA) is 39.1 Å². The summed E-state index contributed by atoms with van der Waals surface area (Å²) in [6, 6.07) is 0.481. The lowest BCUT2D eigenvalue weighted by Gasteiger charge is -2.28. The van der Waals surface area contributed by atoms with Gasteiger partial charge in [0.2, 0.25) is 0 Å². The van der Waals surface area contributed by atoms with E-state index in [-0.39, 0.29) is 0 Å². The van der Waals surface area contributed by atoms with E-state index in [2.05, 4.69) is 23.8 Å². The normalized spacial score (nSPS) is 21.1. The number of ether oxygens (including phenoxy) is 1. The fourth-order valence-electron chi connectivity index (χ4n) is 2.71. The molecular weight excluding hydrogens is 214 g/mol. The molecule has 0 bridgehead atoms. The first-order chi connectivity index (χ1) is 8.27. The zero-order valence-electron chi connectivity index (χ0n) is 10.7. The first kappa shape index (κ1) is 11.2. The van der Waals surface area contributed by atoms with E-state index in [0.717, 1.165) is 32.7 Å². The second-order valence-corrected chi connectivity index (χ2v) is 5.38. The Morgan fingerprint density at radius 3 is 2.88 bits per heavy atom. The lowest BCUT2D eigenvalue weighted by atomic mass is 10.0. The van der Waals surface area contributed by atoms with Crippen LogP contribution in [0.3, 0.4) is 0 Å². The fraction of sp³-hybridized carbons (Fsp3) is 0.769. The molecule has 3 rings (SSSR count). The Balaban J connectivity index is 2.03. The maximum atomic E-state index is 5.30. The minimum atomic E-state index is 0.481. The average molecular weight is 235 g/mol. The third kappa shape index (κ3) is 1.89. The van der Waals surface area contributed by atoms with Crippen LogP contribution in [0.4, 0.5) is 0 Å². The number of fused-ring (bicyclic) bond motifs is 1. The van der Waals surface area contributed by atoms with Gasteiger partial charge in [-0.25, -0.2) is 0 Å². The Labute approximate surface area is 102 Å². The van der Waals surface area contributed by atoms with Crippen molar-refractivity contribution in [2.24, 2.45) is 0 Å². The quantitative estimate of drug-likeness (QED) is 0.846. The highest BCUT2D eigenvalue weighted by molar-refractivity contribution is 5.30. The molecule has 0 atom stereocenters. The number of nitrogens with one attached hydrogen (secondary N) is 1. The van der Waals surface area contributed by atoms with Crippen molar-refractivity contribution in [3.8, 4) is 0 Å². The summed E-state index contributed by atoms with van der Waals surface area (Å²) in [7, 11) is 0. The Kier molecular flexibility index (Phi) is 2.92. The molecule has 4 heteroatoms. The van der Waals surface area contributed by atoms with Crippen LogP contribution >= 0.6 is 0 Å². The molecule has 1 aromatic rings. The lowest BCUT2D eigenvalue weighted by molar-refractivity contribution is -0.0300. The van der Waals surface area contributed by atoms with Crippen molar-refractivity contribution in [2.45, 2.75) is 45.2 Å². The molecule has 0 aromatic carbocycles. The Bertz CT molecular complexity index is 407. The average Bonchev–Trinajstić information content (AvgIpc) is 2.44. The molecule has 1 saturated heterocycles. The molecule has 1 N–H and O–H groups in total. The first-order valence-corrected chi connectivity index (χ1v) is 6.66. The molecule has 17 heavy (non-hydrogen) atoms. The van der Waals surface area contributed by atoms with Crippen LogP contribution in [0.1, 0.15) is 49.2 Å². The highest BCUT2D eigenvalue weighted by Gasteiger charge is 2.28. The number of hydrogen-bond donors (Lipinski definition) is 1. The standard InChI is InChI=1S/C13H21N3O/c1-9(2)13-11-6-14-5-3-4-12(11)16(15-13)10-7-17-8-10/h9-10,14H,3-8H2,1-2H3. The third-order valence-electron chi connectivity index (χ3n) is 3.73. The molecule has 0 saturated carbocycles. The van der Waals surface area contributed by atoms with Crippen molar-refractivity contribution in [2.75, 3.05) is 19.8 Å². The molecular formula is C13H21N3O. The summed E-state index contributed by atoms with van der Waals surface area (Å²) in [6.07, 6.45) is 2.36. The van der Waals surface area contributed by atoms with Crippen LogP contribution in [0, 0.1) is 0 Å². The van der Waals surface area contributed by atoms with Crippen LogP contribution in [0.2, 0.25) is 0 Å². The van der Waals surface area contributed by atoms with Crippen molar-refractivity contribution in [3.63, 3.8) is 0 Å². The second-order valence-electron chi connectivity index (χ2n) is 5.38. The van der Waals surface area contributed by atoms with Crippen molar-refractivity contribution in [1.29, 1.82) is 0 Å². The van der Waals surface area contributed by atoms with E-state index in [0.29, 0.717) is 12.0 Å². The summed E-state index contributed by atoms with van der Waals surface area (Å²) in [4.78, 5) is 0. The van der Waals surface area contributed by atoms with Crippen molar-refractivity contribution in [3.05, 3.63) is 17.0 Å². The molecule has 94 valence electrons. The monoisotopic (exact) mass is 235 g/mol. The Morgan fingerprint density at radius 2 is 2.24 bits per heavy atom. The van der Waals surface area contributed by atoms with Gasteiger partial charge in [-0.05, 0) is 25.3 Å². The molecule has 0 radical (unpaired) electrons. The number of rotatable bonds is 2. The third-order valence-corrected chi connectivity index (χ3v) is 3.73. The summed E-state index contributed by atoms with van der Waals surface area (Å²) in [5.74, 6) is 0.505. The van der Waals surface area contributed by atoms with Gasteiger partial charge in [0.05, 0.1) is 24.9 Å². The molecule has 4 nitrogen and oxygen atoms in total. The Hall–Kier alpha value is -0.870. The first-order valence-electron chi connectivity index (χ1n) is 6.66. The second kappa shape index (κ2) is 4.42. The van der Waals surface area contributed by atoms with Gasteiger partial charge < -0.3 is 10.1 Å². The molecule has 0 aliphatic carbocycles. The van der Waals surface area contributed by atoms with Crippen LogP contribution in [-0.2, 0) is 17.7 Å². The Morgan fingerprint density at radius 1 is 1.41 bits per heavy atom. The van der Waals surface area contributed by atoms with Crippen LogP contribution in [0.5, 0.6) is 0 Å². The number of nitrogens with zero attached hydrogens (tertiary/aromatic N) is 2. The van der Waals surface area contributed by atoms with E-state index >= 15 is 0 Å². The van der Waals surface area contributed by atoms with Crippen LogP contribution in [0.25, 0.3) is 0 Å². The predicted molar refractivity (Wildman–Crippen MR) is 66.2 cm³/mol. The van der Waals surface area contributed by atoms with Gasteiger partial charge in [-0.1, -0.05) is 13.8 Å². The maximum absolute atomic E-state index is 5.30. The number of aromatic nitrogens is 2. The van der Waals surface area contributed by atoms with Gasteiger partial charge in [0, 0.05) is 17.8 Å². The summed E-state index contributed by atoms with van der Waals surface area (Å²) in [5, 5.41) is 8.35. The smallest absolute Gasteiger partial charge is 0.0988 e. The van der Waals surface area contributed by atoms with Crippen molar-refractivity contribution in [1.82, 2.24) is 15.1 Å². The molecule has 1 aromatic heterocycles. The van der Waals surface area contributed by atoms with E-state index in [4.69, 9.17) is 9.84 Å². The summed E-state index contributed by atoms with van der Waals surface area (Å²) >= 11 is 0. The lowest BCUT2D eigenvalue weighted by Crippen LogP contribution is -2.32. The van der Waals surface area contributed by atoms with E-state index in [1.165, 1.54) is 23.4 Å². The van der Waals surface area contributed by atoms with Gasteiger partial charge in [0.15, 0.2) is 0 Å². The minimum Gasteiger partial charge on any atom is -0.377 e. The zero-order chi connectivity index (χ0) is 11.8. The molecule has 2 aliphatic heterocycles. The summed E-state index contributed by atoms with van der Waals surface area (Å²) < 4.78 is 7.56. The zero-order valence-corrected chi connectivity index (χ0v) is 10.7.